The van der Waals surface area contributed by atoms with Crippen molar-refractivity contribution in [2.75, 3.05) is 0 Å². The van der Waals surface area contributed by atoms with Crippen LogP contribution in [0, 0.1) is 0 Å². The van der Waals surface area contributed by atoms with E-state index in [1.807, 2.05) is 17.5 Å². The van der Waals surface area contributed by atoms with Crippen molar-refractivity contribution in [1.82, 2.24) is 10.3 Å². The number of esters is 1. The third-order valence-electron chi connectivity index (χ3n) is 3.16. The lowest BCUT2D eigenvalue weighted by molar-refractivity contribution is 0.0452. The number of nitrogens with zero attached hydrogens (tertiary/aromatic N) is 2. The maximum atomic E-state index is 12.0. The number of hydrogen-bond donors (Lipinski definition) is 0. The van der Waals surface area contributed by atoms with Gasteiger partial charge in [0.05, 0.1) is 11.1 Å². The van der Waals surface area contributed by atoms with Gasteiger partial charge < -0.3 is 18.2 Å². The third kappa shape index (κ3) is 2.86. The minimum Gasteiger partial charge on any atom is -0.461 e. The molecule has 0 aliphatic carbocycles. The van der Waals surface area contributed by atoms with E-state index in [-0.39, 0.29) is 12.3 Å². The van der Waals surface area contributed by atoms with Gasteiger partial charge in [-0.2, -0.15) is 0 Å². The Hall–Kier alpha value is -3.13. The normalized spacial score (nSPS) is 10.8. The summed E-state index contributed by atoms with van der Waals surface area (Å²) in [6.45, 7) is -0.0172. The van der Waals surface area contributed by atoms with E-state index in [9.17, 15) is 4.79 Å². The first-order chi connectivity index (χ1) is 11.8. The highest BCUT2D eigenvalue weighted by molar-refractivity contribution is 7.13. The Morgan fingerprint density at radius 3 is 2.79 bits per heavy atom. The Morgan fingerprint density at radius 1 is 1.08 bits per heavy atom. The summed E-state index contributed by atoms with van der Waals surface area (Å²) in [5.74, 6) is 0.863. The van der Waals surface area contributed by atoms with E-state index in [1.165, 1.54) is 23.7 Å². The Balaban J connectivity index is 1.40. The van der Waals surface area contributed by atoms with Crippen LogP contribution in [0.15, 0.2) is 61.5 Å². The molecule has 0 bridgehead atoms. The summed E-state index contributed by atoms with van der Waals surface area (Å²) < 4.78 is 20.6. The molecule has 0 amide bonds. The molecule has 4 aromatic rings. The summed E-state index contributed by atoms with van der Waals surface area (Å²) in [5.41, 5.74) is 0.574. The van der Waals surface area contributed by atoms with Crippen LogP contribution in [0.5, 0.6) is 0 Å². The van der Waals surface area contributed by atoms with Crippen LogP contribution in [0.1, 0.15) is 16.2 Å². The molecule has 0 radical (unpaired) electrons. The number of ether oxygens (including phenoxy) is 1. The minimum absolute atomic E-state index is 0.0172. The average Bonchev–Trinajstić information content (AvgIpc) is 3.40. The van der Waals surface area contributed by atoms with Gasteiger partial charge in [0.2, 0.25) is 5.76 Å². The van der Waals surface area contributed by atoms with Gasteiger partial charge in [-0.15, -0.1) is 11.3 Å². The van der Waals surface area contributed by atoms with Crippen LogP contribution in [-0.4, -0.2) is 16.3 Å². The summed E-state index contributed by atoms with van der Waals surface area (Å²) in [7, 11) is 0. The van der Waals surface area contributed by atoms with Crippen LogP contribution in [-0.2, 0) is 11.3 Å². The summed E-state index contributed by atoms with van der Waals surface area (Å²) >= 11 is 1.54. The molecule has 0 unspecified atom stereocenters. The Labute approximate surface area is 139 Å². The number of carbonyl (C=O) groups is 1. The minimum atomic E-state index is -0.614. The molecule has 7 nitrogen and oxygen atoms in total. The Morgan fingerprint density at radius 2 is 2.00 bits per heavy atom. The number of furan rings is 1. The van der Waals surface area contributed by atoms with Gasteiger partial charge in [-0.05, 0) is 23.6 Å². The second kappa shape index (κ2) is 6.17. The smallest absolute Gasteiger partial charge is 0.360 e. The molecule has 8 heteroatoms. The molecule has 0 aliphatic heterocycles. The van der Waals surface area contributed by atoms with Gasteiger partial charge in [0, 0.05) is 12.1 Å². The number of rotatable bonds is 5. The average molecular weight is 342 g/mol. The number of hydrogen-bond acceptors (Lipinski definition) is 8. The first kappa shape index (κ1) is 14.5. The van der Waals surface area contributed by atoms with Crippen molar-refractivity contribution in [3.05, 3.63) is 59.4 Å². The topological polar surface area (TPSA) is 91.5 Å². The molecule has 24 heavy (non-hydrogen) atoms. The van der Waals surface area contributed by atoms with Crippen LogP contribution in [0.4, 0.5) is 0 Å². The molecule has 0 aromatic carbocycles. The lowest BCUT2D eigenvalue weighted by atomic mass is 10.3. The van der Waals surface area contributed by atoms with Crippen molar-refractivity contribution >= 4 is 17.3 Å². The quantitative estimate of drug-likeness (QED) is 0.506. The number of carbonyl (C=O) groups excluding carboxylic acids is 1. The molecule has 4 rings (SSSR count). The van der Waals surface area contributed by atoms with Gasteiger partial charge in [-0.25, -0.2) is 4.79 Å². The highest BCUT2D eigenvalue weighted by atomic mass is 32.1. The van der Waals surface area contributed by atoms with E-state index >= 15 is 0 Å². The van der Waals surface area contributed by atoms with Gasteiger partial charge in [0.25, 0.3) is 0 Å². The van der Waals surface area contributed by atoms with Gasteiger partial charge in [-0.3, -0.25) is 0 Å². The van der Waals surface area contributed by atoms with Crippen LogP contribution in [0.2, 0.25) is 0 Å². The lowest BCUT2D eigenvalue weighted by Gasteiger charge is -1.97. The molecule has 0 saturated heterocycles. The standard InChI is InChI=1S/C16H10N2O5S/c19-16(11-8-13(22-18-11)12-3-1-5-20-12)21-9-10-7-14(23-17-10)15-4-2-6-24-15/h1-8H,9H2. The maximum Gasteiger partial charge on any atom is 0.360 e. The van der Waals surface area contributed by atoms with E-state index in [0.29, 0.717) is 23.0 Å². The van der Waals surface area contributed by atoms with Crippen molar-refractivity contribution in [3.63, 3.8) is 0 Å². The summed E-state index contributed by atoms with van der Waals surface area (Å²) in [5, 5.41) is 9.50. The zero-order valence-electron chi connectivity index (χ0n) is 12.2. The monoisotopic (exact) mass is 342 g/mol. The second-order valence-corrected chi connectivity index (χ2v) is 5.74. The number of aromatic nitrogens is 2. The molecular formula is C16H10N2O5S. The lowest BCUT2D eigenvalue weighted by Crippen LogP contribution is -2.05. The molecular weight excluding hydrogens is 332 g/mol. The molecule has 0 fully saturated rings. The highest BCUT2D eigenvalue weighted by Gasteiger charge is 2.17. The van der Waals surface area contributed by atoms with E-state index in [1.54, 1.807) is 18.2 Å². The Kier molecular flexibility index (Phi) is 3.72. The predicted molar refractivity (Wildman–Crippen MR) is 83.1 cm³/mol. The number of thiophene rings is 1. The van der Waals surface area contributed by atoms with Crippen molar-refractivity contribution < 1.29 is 23.0 Å². The van der Waals surface area contributed by atoms with Crippen molar-refractivity contribution in [3.8, 4) is 22.2 Å². The Bertz CT molecular complexity index is 937. The van der Waals surface area contributed by atoms with Crippen LogP contribution >= 0.6 is 11.3 Å². The van der Waals surface area contributed by atoms with Gasteiger partial charge >= 0.3 is 5.97 Å². The molecule has 0 aliphatic rings. The first-order valence-corrected chi connectivity index (χ1v) is 7.85. The van der Waals surface area contributed by atoms with Crippen LogP contribution in [0.25, 0.3) is 22.2 Å². The van der Waals surface area contributed by atoms with E-state index < -0.39 is 5.97 Å². The fourth-order valence-corrected chi connectivity index (χ4v) is 2.71. The van der Waals surface area contributed by atoms with Gasteiger partial charge in [0.1, 0.15) is 12.3 Å². The van der Waals surface area contributed by atoms with Crippen LogP contribution < -0.4 is 0 Å². The SMILES string of the molecule is O=C(OCc1cc(-c2cccs2)on1)c1cc(-c2ccco2)on1. The zero-order valence-corrected chi connectivity index (χ0v) is 13.0. The summed E-state index contributed by atoms with van der Waals surface area (Å²) in [4.78, 5) is 13.0. The molecule has 4 heterocycles. The molecule has 0 atom stereocenters. The van der Waals surface area contributed by atoms with E-state index in [2.05, 4.69) is 10.3 Å². The van der Waals surface area contributed by atoms with Gasteiger partial charge in [-0.1, -0.05) is 16.4 Å². The van der Waals surface area contributed by atoms with Crippen LogP contribution in [0.3, 0.4) is 0 Å². The first-order valence-electron chi connectivity index (χ1n) is 6.97. The molecule has 0 spiro atoms. The molecule has 0 saturated carbocycles. The van der Waals surface area contributed by atoms with Crippen molar-refractivity contribution in [2.24, 2.45) is 0 Å². The van der Waals surface area contributed by atoms with Gasteiger partial charge in [0.15, 0.2) is 17.2 Å². The third-order valence-corrected chi connectivity index (χ3v) is 4.04. The summed E-state index contributed by atoms with van der Waals surface area (Å²) in [6, 6.07) is 10.5. The fraction of sp³-hybridized carbons (Fsp3) is 0.0625. The molecule has 4 aromatic heterocycles. The predicted octanol–water partition coefficient (Wildman–Crippen LogP) is 4.01. The van der Waals surface area contributed by atoms with E-state index in [4.69, 9.17) is 18.2 Å². The maximum absolute atomic E-state index is 12.0. The van der Waals surface area contributed by atoms with Crippen molar-refractivity contribution in [1.29, 1.82) is 0 Å². The summed E-state index contributed by atoms with van der Waals surface area (Å²) in [6.07, 6.45) is 1.51. The molecule has 0 N–H and O–H groups in total. The van der Waals surface area contributed by atoms with E-state index in [0.717, 1.165) is 4.88 Å². The highest BCUT2D eigenvalue weighted by Crippen LogP contribution is 2.25. The fourth-order valence-electron chi connectivity index (χ4n) is 2.03. The zero-order chi connectivity index (χ0) is 16.4. The van der Waals surface area contributed by atoms with Crippen molar-refractivity contribution in [2.45, 2.75) is 6.61 Å². The molecule has 120 valence electrons. The largest absolute Gasteiger partial charge is 0.461 e. The second-order valence-electron chi connectivity index (χ2n) is 4.79.